The van der Waals surface area contributed by atoms with Gasteiger partial charge in [-0.15, -0.1) is 0 Å². The molecule has 0 aliphatic carbocycles. The van der Waals surface area contributed by atoms with Crippen molar-refractivity contribution < 1.29 is 0 Å². The molecule has 4 N–H and O–H groups in total. The maximum absolute atomic E-state index is 6.03. The number of anilines is 6. The van der Waals surface area contributed by atoms with E-state index in [0.29, 0.717) is 11.6 Å². The van der Waals surface area contributed by atoms with E-state index in [9.17, 15) is 0 Å². The van der Waals surface area contributed by atoms with E-state index >= 15 is 0 Å². The first-order valence-electron chi connectivity index (χ1n) is 9.53. The second-order valence-electron chi connectivity index (χ2n) is 7.06. The molecule has 1 saturated heterocycles. The van der Waals surface area contributed by atoms with Crippen LogP contribution in [0.15, 0.2) is 54.7 Å². The minimum atomic E-state index is 0.537. The number of halogens is 1. The van der Waals surface area contributed by atoms with Crippen molar-refractivity contribution in [1.82, 2.24) is 14.9 Å². The Morgan fingerprint density at radius 3 is 2.41 bits per heavy atom. The van der Waals surface area contributed by atoms with Crippen LogP contribution < -0.4 is 21.3 Å². The Bertz CT molecular complexity index is 969. The molecule has 1 aliphatic heterocycles. The predicted octanol–water partition coefficient (Wildman–Crippen LogP) is 3.90. The van der Waals surface area contributed by atoms with Crippen LogP contribution >= 0.6 is 22.6 Å². The lowest BCUT2D eigenvalue weighted by Crippen LogP contribution is -2.44. The summed E-state index contributed by atoms with van der Waals surface area (Å²) in [5.74, 6) is 1.25. The average Bonchev–Trinajstić information content (AvgIpc) is 2.73. The fourth-order valence-electron chi connectivity index (χ4n) is 3.20. The van der Waals surface area contributed by atoms with E-state index in [1.807, 2.05) is 24.3 Å². The van der Waals surface area contributed by atoms with Crippen molar-refractivity contribution >= 4 is 57.1 Å². The van der Waals surface area contributed by atoms with E-state index in [1.165, 1.54) is 5.69 Å². The maximum atomic E-state index is 6.03. The zero-order valence-electron chi connectivity index (χ0n) is 16.3. The van der Waals surface area contributed by atoms with Gasteiger partial charge in [0.15, 0.2) is 0 Å². The minimum absolute atomic E-state index is 0.537. The van der Waals surface area contributed by atoms with Gasteiger partial charge in [-0.05, 0) is 66.0 Å². The van der Waals surface area contributed by atoms with Crippen molar-refractivity contribution in [3.63, 3.8) is 0 Å². The first-order valence-corrected chi connectivity index (χ1v) is 10.6. The van der Waals surface area contributed by atoms with Crippen LogP contribution in [0.3, 0.4) is 0 Å². The van der Waals surface area contributed by atoms with E-state index in [-0.39, 0.29) is 0 Å². The van der Waals surface area contributed by atoms with E-state index in [2.05, 4.69) is 84.3 Å². The standard InChI is InChI=1S/C21H24IN7/c1-28-10-12-29(13-11-28)16-8-6-15(7-9-16)25-21-24-14-17(22)20(27-21)26-19-5-3-2-4-18(19)23/h2-9,14H,10-13,23H2,1H3,(H2,24,25,26,27). The molecule has 0 radical (unpaired) electrons. The van der Waals surface area contributed by atoms with Gasteiger partial charge >= 0.3 is 0 Å². The van der Waals surface area contributed by atoms with Crippen LogP contribution in [0.4, 0.5) is 34.5 Å². The number of nitrogens with zero attached hydrogens (tertiary/aromatic N) is 4. The molecule has 7 nitrogen and oxygen atoms in total. The van der Waals surface area contributed by atoms with Crippen molar-refractivity contribution in [2.45, 2.75) is 0 Å². The van der Waals surface area contributed by atoms with E-state index in [0.717, 1.165) is 46.9 Å². The van der Waals surface area contributed by atoms with E-state index in [4.69, 9.17) is 5.73 Å². The molecule has 2 heterocycles. The first-order chi connectivity index (χ1) is 14.1. The Kier molecular flexibility index (Phi) is 6.00. The number of nitrogens with one attached hydrogen (secondary N) is 2. The van der Waals surface area contributed by atoms with Crippen molar-refractivity contribution in [3.8, 4) is 0 Å². The number of piperazine rings is 1. The molecule has 8 heteroatoms. The minimum Gasteiger partial charge on any atom is -0.397 e. The molecule has 1 aliphatic rings. The molecule has 0 saturated carbocycles. The third-order valence-electron chi connectivity index (χ3n) is 4.95. The lowest BCUT2D eigenvalue weighted by molar-refractivity contribution is 0.313. The molecule has 3 aromatic rings. The summed E-state index contributed by atoms with van der Waals surface area (Å²) in [6, 6.07) is 16.1. The molecule has 0 amide bonds. The molecule has 150 valence electrons. The number of para-hydroxylation sites is 2. The van der Waals surface area contributed by atoms with Crippen LogP contribution in [-0.4, -0.2) is 48.1 Å². The normalized spacial score (nSPS) is 14.6. The smallest absolute Gasteiger partial charge is 0.229 e. The zero-order chi connectivity index (χ0) is 20.2. The van der Waals surface area contributed by atoms with Gasteiger partial charge in [0.1, 0.15) is 5.82 Å². The van der Waals surface area contributed by atoms with Crippen LogP contribution in [0.1, 0.15) is 0 Å². The number of hydrogen-bond donors (Lipinski definition) is 3. The topological polar surface area (TPSA) is 82.3 Å². The van der Waals surface area contributed by atoms with Crippen LogP contribution in [0.2, 0.25) is 0 Å². The highest BCUT2D eigenvalue weighted by atomic mass is 127. The molecule has 0 unspecified atom stereocenters. The Morgan fingerprint density at radius 2 is 1.69 bits per heavy atom. The molecule has 29 heavy (non-hydrogen) atoms. The first kappa shape index (κ1) is 19.7. The highest BCUT2D eigenvalue weighted by Gasteiger charge is 2.14. The lowest BCUT2D eigenvalue weighted by atomic mass is 10.2. The number of likely N-dealkylation sites (N-methyl/N-ethyl adjacent to an activating group) is 1. The highest BCUT2D eigenvalue weighted by molar-refractivity contribution is 14.1. The van der Waals surface area contributed by atoms with Crippen molar-refractivity contribution in [3.05, 3.63) is 58.3 Å². The van der Waals surface area contributed by atoms with Gasteiger partial charge in [0.25, 0.3) is 0 Å². The number of benzene rings is 2. The molecule has 2 aromatic carbocycles. The Labute approximate surface area is 184 Å². The molecule has 0 bridgehead atoms. The average molecular weight is 501 g/mol. The molecule has 1 fully saturated rings. The summed E-state index contributed by atoms with van der Waals surface area (Å²) in [7, 11) is 2.17. The lowest BCUT2D eigenvalue weighted by Gasteiger charge is -2.34. The molecule has 1 aromatic heterocycles. The number of rotatable bonds is 5. The number of aromatic nitrogens is 2. The fourth-order valence-corrected chi connectivity index (χ4v) is 3.60. The monoisotopic (exact) mass is 501 g/mol. The van der Waals surface area contributed by atoms with Gasteiger partial charge in [-0.1, -0.05) is 12.1 Å². The predicted molar refractivity (Wildman–Crippen MR) is 128 cm³/mol. The summed E-state index contributed by atoms with van der Waals surface area (Å²) in [4.78, 5) is 13.8. The Morgan fingerprint density at radius 1 is 0.966 bits per heavy atom. The number of hydrogen-bond acceptors (Lipinski definition) is 7. The van der Waals surface area contributed by atoms with Crippen molar-refractivity contribution in [2.75, 3.05) is 54.5 Å². The van der Waals surface area contributed by atoms with Crippen LogP contribution in [0.25, 0.3) is 0 Å². The van der Waals surface area contributed by atoms with Gasteiger partial charge in [-0.2, -0.15) is 4.98 Å². The quantitative estimate of drug-likeness (QED) is 0.362. The van der Waals surface area contributed by atoms with Crippen LogP contribution in [0, 0.1) is 3.57 Å². The molecular weight excluding hydrogens is 477 g/mol. The number of nitrogen functional groups attached to an aromatic ring is 1. The molecule has 0 spiro atoms. The van der Waals surface area contributed by atoms with E-state index < -0.39 is 0 Å². The summed E-state index contributed by atoms with van der Waals surface area (Å²) in [6.45, 7) is 4.30. The van der Waals surface area contributed by atoms with Gasteiger partial charge in [0.2, 0.25) is 5.95 Å². The van der Waals surface area contributed by atoms with Gasteiger partial charge in [-0.3, -0.25) is 0 Å². The maximum Gasteiger partial charge on any atom is 0.229 e. The molecular formula is C21H24IN7. The van der Waals surface area contributed by atoms with E-state index in [1.54, 1.807) is 6.20 Å². The summed E-state index contributed by atoms with van der Waals surface area (Å²) in [5, 5.41) is 6.57. The van der Waals surface area contributed by atoms with Gasteiger partial charge in [-0.25, -0.2) is 4.98 Å². The van der Waals surface area contributed by atoms with Crippen molar-refractivity contribution in [1.29, 1.82) is 0 Å². The largest absolute Gasteiger partial charge is 0.397 e. The summed E-state index contributed by atoms with van der Waals surface area (Å²) < 4.78 is 0.918. The van der Waals surface area contributed by atoms with Gasteiger partial charge in [0.05, 0.1) is 14.9 Å². The molecule has 0 atom stereocenters. The second kappa shape index (κ2) is 8.83. The number of nitrogens with two attached hydrogens (primary N) is 1. The van der Waals surface area contributed by atoms with Crippen LogP contribution in [-0.2, 0) is 0 Å². The summed E-state index contributed by atoms with van der Waals surface area (Å²) in [5.41, 5.74) is 9.73. The van der Waals surface area contributed by atoms with Gasteiger partial charge in [0, 0.05) is 43.8 Å². The third kappa shape index (κ3) is 4.88. The summed E-state index contributed by atoms with van der Waals surface area (Å²) in [6.07, 6.45) is 1.79. The van der Waals surface area contributed by atoms with Crippen LogP contribution in [0.5, 0.6) is 0 Å². The van der Waals surface area contributed by atoms with Crippen molar-refractivity contribution in [2.24, 2.45) is 0 Å². The fraction of sp³-hybridized carbons (Fsp3) is 0.238. The second-order valence-corrected chi connectivity index (χ2v) is 8.23. The zero-order valence-corrected chi connectivity index (χ0v) is 18.4. The Balaban J connectivity index is 1.46. The Hall–Kier alpha value is -2.59. The highest BCUT2D eigenvalue weighted by Crippen LogP contribution is 2.26. The third-order valence-corrected chi connectivity index (χ3v) is 5.74. The SMILES string of the molecule is CN1CCN(c2ccc(Nc3ncc(I)c(Nc4ccccc4N)n3)cc2)CC1. The van der Waals surface area contributed by atoms with Gasteiger partial charge < -0.3 is 26.2 Å². The molecule has 4 rings (SSSR count). The summed E-state index contributed by atoms with van der Waals surface area (Å²) >= 11 is 2.21.